The van der Waals surface area contributed by atoms with Crippen LogP contribution in [0.4, 0.5) is 11.6 Å². The zero-order valence-corrected chi connectivity index (χ0v) is 15.2. The first-order valence-electron chi connectivity index (χ1n) is 8.65. The number of nitrogens with zero attached hydrogens (tertiary/aromatic N) is 4. The van der Waals surface area contributed by atoms with Crippen LogP contribution in [0.1, 0.15) is 17.0 Å². The van der Waals surface area contributed by atoms with E-state index in [-0.39, 0.29) is 13.2 Å². The molecule has 0 radical (unpaired) electrons. The minimum Gasteiger partial charge on any atom is -0.395 e. The molecule has 0 aliphatic rings. The molecule has 9 heteroatoms. The number of hydrogen-bond acceptors (Lipinski definition) is 8. The molecule has 0 bridgehead atoms. The predicted octanol–water partition coefficient (Wildman–Crippen LogP) is 0.509. The summed E-state index contributed by atoms with van der Waals surface area (Å²) in [7, 11) is 0. The number of fused-ring (bicyclic) bond motifs is 1. The summed E-state index contributed by atoms with van der Waals surface area (Å²) < 4.78 is 2.03. The van der Waals surface area contributed by atoms with E-state index in [4.69, 9.17) is 16.6 Å². The second kappa shape index (κ2) is 8.47. The molecule has 3 rings (SSSR count). The van der Waals surface area contributed by atoms with Gasteiger partial charge >= 0.3 is 0 Å². The minimum atomic E-state index is 0.0370. The third-order valence-electron chi connectivity index (χ3n) is 4.09. The molecule has 0 fully saturated rings. The molecule has 0 aromatic carbocycles. The van der Waals surface area contributed by atoms with Gasteiger partial charge in [0.15, 0.2) is 11.6 Å². The molecular weight excluding hydrogens is 344 g/mol. The number of pyridine rings is 1. The van der Waals surface area contributed by atoms with Gasteiger partial charge in [0.05, 0.1) is 18.5 Å². The van der Waals surface area contributed by atoms with Gasteiger partial charge in [0.2, 0.25) is 0 Å². The van der Waals surface area contributed by atoms with Gasteiger partial charge in [-0.25, -0.2) is 15.0 Å². The number of nitrogens with one attached hydrogen (secondary N) is 2. The first-order valence-corrected chi connectivity index (χ1v) is 8.65. The molecule has 0 saturated carbocycles. The van der Waals surface area contributed by atoms with Gasteiger partial charge in [0.25, 0.3) is 0 Å². The van der Waals surface area contributed by atoms with Crippen LogP contribution in [-0.2, 0) is 6.54 Å². The maximum atomic E-state index is 8.87. The van der Waals surface area contributed by atoms with Crippen LogP contribution in [-0.4, -0.2) is 44.2 Å². The molecule has 0 unspecified atom stereocenters. The number of imidazole rings is 1. The topological polar surface area (TPSA) is 139 Å². The normalized spacial score (nSPS) is 11.7. The molecule has 3 aromatic rings. The SMILES string of the molecule is Cc1cnc2ccc(CNc3nc(/C(=C/NCCO)CN)cnc3N)cn12. The van der Waals surface area contributed by atoms with Crippen LogP contribution in [0.25, 0.3) is 11.2 Å². The van der Waals surface area contributed by atoms with Gasteiger partial charge in [-0.2, -0.15) is 0 Å². The Morgan fingerprint density at radius 3 is 2.93 bits per heavy atom. The zero-order valence-electron chi connectivity index (χ0n) is 15.2. The molecule has 27 heavy (non-hydrogen) atoms. The molecule has 0 aliphatic carbocycles. The molecule has 142 valence electrons. The van der Waals surface area contributed by atoms with E-state index in [1.54, 1.807) is 12.4 Å². The fourth-order valence-electron chi connectivity index (χ4n) is 2.62. The summed E-state index contributed by atoms with van der Waals surface area (Å²) in [5, 5.41) is 15.1. The number of aliphatic hydroxyl groups is 1. The molecule has 0 amide bonds. The van der Waals surface area contributed by atoms with Gasteiger partial charge in [0.1, 0.15) is 5.65 Å². The highest BCUT2D eigenvalue weighted by atomic mass is 16.3. The van der Waals surface area contributed by atoms with Gasteiger partial charge < -0.3 is 31.6 Å². The van der Waals surface area contributed by atoms with Gasteiger partial charge in [-0.1, -0.05) is 6.07 Å². The Kier molecular flexibility index (Phi) is 5.84. The lowest BCUT2D eigenvalue weighted by atomic mass is 10.2. The maximum Gasteiger partial charge on any atom is 0.169 e. The molecule has 0 saturated heterocycles. The molecule has 0 spiro atoms. The maximum absolute atomic E-state index is 8.87. The summed E-state index contributed by atoms with van der Waals surface area (Å²) in [6.45, 7) is 3.31. The quantitative estimate of drug-likeness (QED) is 0.362. The number of nitrogen functional groups attached to an aromatic ring is 1. The van der Waals surface area contributed by atoms with Crippen molar-refractivity contribution in [3.63, 3.8) is 0 Å². The zero-order chi connectivity index (χ0) is 19.2. The van der Waals surface area contributed by atoms with E-state index in [1.165, 1.54) is 0 Å². The molecule has 0 atom stereocenters. The average molecular weight is 368 g/mol. The first-order chi connectivity index (χ1) is 13.1. The molecule has 9 nitrogen and oxygen atoms in total. The fraction of sp³-hybridized carbons (Fsp3) is 0.278. The monoisotopic (exact) mass is 368 g/mol. The van der Waals surface area contributed by atoms with Gasteiger partial charge in [0, 0.05) is 49.5 Å². The van der Waals surface area contributed by atoms with Crippen LogP contribution in [0, 0.1) is 6.92 Å². The summed E-state index contributed by atoms with van der Waals surface area (Å²) in [5.41, 5.74) is 16.2. The van der Waals surface area contributed by atoms with Gasteiger partial charge in [-0.05, 0) is 18.6 Å². The highest BCUT2D eigenvalue weighted by Gasteiger charge is 2.08. The second-order valence-electron chi connectivity index (χ2n) is 6.06. The standard InChI is InChI=1S/C18H24N8O/c1-12-7-22-16-3-2-13(11-26(12)16)8-24-18-17(20)23-10-15(25-18)14(6-19)9-21-4-5-27/h2-3,7,9-11,21,27H,4-6,8,19H2,1H3,(H2,20,23)(H,24,25)/b14-9+. The van der Waals surface area contributed by atoms with Crippen molar-refractivity contribution in [2.45, 2.75) is 13.5 Å². The molecular formula is C18H24N8O. The van der Waals surface area contributed by atoms with Crippen molar-refractivity contribution in [2.24, 2.45) is 5.73 Å². The third-order valence-corrected chi connectivity index (χ3v) is 4.09. The van der Waals surface area contributed by atoms with Crippen molar-refractivity contribution in [3.05, 3.63) is 53.9 Å². The number of hydrogen-bond donors (Lipinski definition) is 5. The summed E-state index contributed by atoms with van der Waals surface area (Å²) in [6, 6.07) is 3.98. The Morgan fingerprint density at radius 1 is 1.30 bits per heavy atom. The number of rotatable bonds is 8. The largest absolute Gasteiger partial charge is 0.395 e. The van der Waals surface area contributed by atoms with E-state index >= 15 is 0 Å². The molecule has 0 aliphatic heterocycles. The summed E-state index contributed by atoms with van der Waals surface area (Å²) >= 11 is 0. The average Bonchev–Trinajstić information content (AvgIpc) is 3.05. The van der Waals surface area contributed by atoms with Crippen LogP contribution in [0.2, 0.25) is 0 Å². The van der Waals surface area contributed by atoms with E-state index in [9.17, 15) is 0 Å². The lowest BCUT2D eigenvalue weighted by Gasteiger charge is -2.11. The Labute approximate surface area is 157 Å². The summed E-state index contributed by atoms with van der Waals surface area (Å²) in [5.74, 6) is 0.815. The molecule has 7 N–H and O–H groups in total. The third kappa shape index (κ3) is 4.33. The highest BCUT2D eigenvalue weighted by molar-refractivity contribution is 5.67. The number of aromatic nitrogens is 4. The smallest absolute Gasteiger partial charge is 0.169 e. The Hall–Kier alpha value is -3.17. The van der Waals surface area contributed by atoms with Gasteiger partial charge in [-0.3, -0.25) is 0 Å². The highest BCUT2D eigenvalue weighted by Crippen LogP contribution is 2.18. The van der Waals surface area contributed by atoms with E-state index in [0.29, 0.717) is 30.4 Å². The van der Waals surface area contributed by atoms with E-state index in [0.717, 1.165) is 22.5 Å². The van der Waals surface area contributed by atoms with Crippen molar-refractivity contribution in [2.75, 3.05) is 30.7 Å². The summed E-state index contributed by atoms with van der Waals surface area (Å²) in [6.07, 6.45) is 7.18. The Bertz CT molecular complexity index is 950. The molecule has 3 heterocycles. The Balaban J connectivity index is 1.77. The van der Waals surface area contributed by atoms with E-state index in [1.807, 2.05) is 35.9 Å². The van der Waals surface area contributed by atoms with Crippen molar-refractivity contribution in [3.8, 4) is 0 Å². The van der Waals surface area contributed by atoms with Gasteiger partial charge in [-0.15, -0.1) is 0 Å². The first kappa shape index (κ1) is 18.6. The number of nitrogens with two attached hydrogens (primary N) is 2. The fourth-order valence-corrected chi connectivity index (χ4v) is 2.62. The lowest BCUT2D eigenvalue weighted by Crippen LogP contribution is -2.15. The Morgan fingerprint density at radius 2 is 2.15 bits per heavy atom. The van der Waals surface area contributed by atoms with Crippen molar-refractivity contribution >= 4 is 22.9 Å². The van der Waals surface area contributed by atoms with Crippen LogP contribution in [0.3, 0.4) is 0 Å². The van der Waals surface area contributed by atoms with Crippen molar-refractivity contribution in [1.82, 2.24) is 24.7 Å². The predicted molar refractivity (Wildman–Crippen MR) is 106 cm³/mol. The number of anilines is 2. The van der Waals surface area contributed by atoms with Crippen LogP contribution < -0.4 is 22.1 Å². The van der Waals surface area contributed by atoms with Crippen LogP contribution in [0.5, 0.6) is 0 Å². The van der Waals surface area contributed by atoms with E-state index < -0.39 is 0 Å². The van der Waals surface area contributed by atoms with Crippen LogP contribution >= 0.6 is 0 Å². The number of aryl methyl sites for hydroxylation is 1. The van der Waals surface area contributed by atoms with Crippen LogP contribution in [0.15, 0.2) is 36.9 Å². The number of aliphatic hydroxyl groups excluding tert-OH is 1. The van der Waals surface area contributed by atoms with Crippen molar-refractivity contribution in [1.29, 1.82) is 0 Å². The summed E-state index contributed by atoms with van der Waals surface area (Å²) in [4.78, 5) is 13.1. The lowest BCUT2D eigenvalue weighted by molar-refractivity contribution is 0.298. The molecule has 3 aromatic heterocycles. The second-order valence-corrected chi connectivity index (χ2v) is 6.06. The minimum absolute atomic E-state index is 0.0370. The van der Waals surface area contributed by atoms with Crippen molar-refractivity contribution < 1.29 is 5.11 Å². The van der Waals surface area contributed by atoms with E-state index in [2.05, 4.69) is 25.6 Å².